The Hall–Kier alpha value is -0.920. The van der Waals surface area contributed by atoms with Crippen LogP contribution in [0.1, 0.15) is 10.8 Å². The molecule has 0 aromatic carbocycles. The summed E-state index contributed by atoms with van der Waals surface area (Å²) in [6.45, 7) is 0.918. The van der Waals surface area contributed by atoms with Crippen molar-refractivity contribution in [2.24, 2.45) is 5.73 Å². The van der Waals surface area contributed by atoms with E-state index in [2.05, 4.69) is 31.4 Å². The minimum absolute atomic E-state index is 0.261. The van der Waals surface area contributed by atoms with Crippen LogP contribution in [0.15, 0.2) is 20.3 Å². The van der Waals surface area contributed by atoms with Gasteiger partial charge in [-0.3, -0.25) is 0 Å². The Morgan fingerprint density at radius 1 is 1.53 bits per heavy atom. The predicted octanol–water partition coefficient (Wildman–Crippen LogP) is 1.96. The average molecular weight is 289 g/mol. The van der Waals surface area contributed by atoms with Crippen molar-refractivity contribution in [2.75, 3.05) is 5.32 Å². The minimum Gasteiger partial charge on any atom is -0.407 e. The van der Waals surface area contributed by atoms with Crippen molar-refractivity contribution >= 4 is 33.3 Å². The van der Waals surface area contributed by atoms with Crippen LogP contribution in [0.5, 0.6) is 0 Å². The fourth-order valence-electron chi connectivity index (χ4n) is 1.01. The molecule has 0 radical (unpaired) electrons. The van der Waals surface area contributed by atoms with Crippen LogP contribution in [-0.4, -0.2) is 10.2 Å². The van der Waals surface area contributed by atoms with Crippen LogP contribution in [0.2, 0.25) is 0 Å². The molecule has 80 valence electrons. The van der Waals surface area contributed by atoms with Crippen LogP contribution >= 0.6 is 27.3 Å². The fraction of sp³-hybridized carbons (Fsp3) is 0.250. The molecule has 0 aliphatic heterocycles. The lowest BCUT2D eigenvalue weighted by atomic mass is 10.5. The second-order valence-corrected chi connectivity index (χ2v) is 4.61. The molecular weight excluding hydrogens is 280 g/mol. The van der Waals surface area contributed by atoms with E-state index in [1.165, 1.54) is 4.88 Å². The van der Waals surface area contributed by atoms with Crippen molar-refractivity contribution in [3.05, 3.63) is 26.7 Å². The maximum absolute atomic E-state index is 5.35. The molecule has 2 rings (SSSR count). The number of nitrogens with two attached hydrogens (primary N) is 1. The first-order valence-corrected chi connectivity index (χ1v) is 5.95. The molecule has 0 amide bonds. The lowest BCUT2D eigenvalue weighted by Gasteiger charge is -1.98. The summed E-state index contributed by atoms with van der Waals surface area (Å²) in [4.78, 5) is 1.18. The number of anilines is 1. The van der Waals surface area contributed by atoms with Crippen LogP contribution in [0.25, 0.3) is 0 Å². The van der Waals surface area contributed by atoms with Crippen molar-refractivity contribution < 1.29 is 4.42 Å². The Labute approximate surface area is 98.8 Å². The van der Waals surface area contributed by atoms with Gasteiger partial charge in [-0.1, -0.05) is 5.10 Å². The van der Waals surface area contributed by atoms with Crippen LogP contribution in [-0.2, 0) is 13.1 Å². The molecular formula is C8H9BrN4OS. The zero-order valence-electron chi connectivity index (χ0n) is 7.74. The van der Waals surface area contributed by atoms with Gasteiger partial charge >= 0.3 is 6.01 Å². The van der Waals surface area contributed by atoms with Crippen LogP contribution < -0.4 is 11.1 Å². The van der Waals surface area contributed by atoms with Gasteiger partial charge in [0.05, 0.1) is 13.1 Å². The molecule has 2 aromatic rings. The Morgan fingerprint density at radius 2 is 2.40 bits per heavy atom. The molecule has 0 aliphatic rings. The number of halogens is 1. The first-order chi connectivity index (χ1) is 7.29. The predicted molar refractivity (Wildman–Crippen MR) is 61.5 cm³/mol. The highest BCUT2D eigenvalue weighted by atomic mass is 79.9. The number of rotatable bonds is 4. The number of aromatic nitrogens is 2. The van der Waals surface area contributed by atoms with Crippen molar-refractivity contribution in [1.29, 1.82) is 0 Å². The lowest BCUT2D eigenvalue weighted by Crippen LogP contribution is -1.98. The van der Waals surface area contributed by atoms with E-state index in [1.807, 2.05) is 11.4 Å². The van der Waals surface area contributed by atoms with E-state index >= 15 is 0 Å². The molecule has 0 unspecified atom stereocenters. The summed E-state index contributed by atoms with van der Waals surface area (Å²) in [5.74, 6) is 0.433. The summed E-state index contributed by atoms with van der Waals surface area (Å²) >= 11 is 5.10. The highest BCUT2D eigenvalue weighted by Gasteiger charge is 2.05. The van der Waals surface area contributed by atoms with Crippen molar-refractivity contribution in [2.45, 2.75) is 13.1 Å². The largest absolute Gasteiger partial charge is 0.407 e. The summed E-state index contributed by atoms with van der Waals surface area (Å²) < 4.78 is 6.28. The third-order valence-electron chi connectivity index (χ3n) is 1.73. The molecule has 3 N–H and O–H groups in total. The maximum Gasteiger partial charge on any atom is 0.315 e. The van der Waals surface area contributed by atoms with E-state index < -0.39 is 0 Å². The molecule has 0 saturated heterocycles. The van der Waals surface area contributed by atoms with Crippen molar-refractivity contribution in [3.8, 4) is 0 Å². The zero-order chi connectivity index (χ0) is 10.7. The molecule has 0 saturated carbocycles. The van der Waals surface area contributed by atoms with Crippen LogP contribution in [0.3, 0.4) is 0 Å². The number of hydrogen-bond donors (Lipinski definition) is 2. The van der Waals surface area contributed by atoms with Gasteiger partial charge in [-0.05, 0) is 27.4 Å². The summed E-state index contributed by atoms with van der Waals surface area (Å²) in [6, 6.07) is 2.40. The highest BCUT2D eigenvalue weighted by molar-refractivity contribution is 9.10. The molecule has 2 aromatic heterocycles. The van der Waals surface area contributed by atoms with E-state index in [0.29, 0.717) is 18.5 Å². The second-order valence-electron chi connectivity index (χ2n) is 2.75. The normalized spacial score (nSPS) is 10.5. The molecule has 15 heavy (non-hydrogen) atoms. The van der Waals surface area contributed by atoms with E-state index in [-0.39, 0.29) is 6.54 Å². The molecule has 0 spiro atoms. The first-order valence-electron chi connectivity index (χ1n) is 4.28. The lowest BCUT2D eigenvalue weighted by molar-refractivity contribution is 0.507. The van der Waals surface area contributed by atoms with E-state index in [9.17, 15) is 0 Å². The van der Waals surface area contributed by atoms with Gasteiger partial charge in [-0.2, -0.15) is 0 Å². The molecule has 2 heterocycles. The van der Waals surface area contributed by atoms with E-state index in [1.54, 1.807) is 11.3 Å². The topological polar surface area (TPSA) is 77.0 Å². The second kappa shape index (κ2) is 4.73. The van der Waals surface area contributed by atoms with Gasteiger partial charge in [0.1, 0.15) is 0 Å². The molecule has 0 atom stereocenters. The Bertz CT molecular complexity index is 441. The van der Waals surface area contributed by atoms with Gasteiger partial charge in [0.25, 0.3) is 0 Å². The Balaban J connectivity index is 1.96. The van der Waals surface area contributed by atoms with Crippen molar-refractivity contribution in [3.63, 3.8) is 0 Å². The summed E-state index contributed by atoms with van der Waals surface area (Å²) in [5, 5.41) is 12.6. The maximum atomic E-state index is 5.35. The SMILES string of the molecule is NCc1nnc(NCc2sccc2Br)o1. The Morgan fingerprint density at radius 3 is 3.00 bits per heavy atom. The highest BCUT2D eigenvalue weighted by Crippen LogP contribution is 2.23. The molecule has 0 aliphatic carbocycles. The molecule has 0 fully saturated rings. The van der Waals surface area contributed by atoms with Gasteiger partial charge in [-0.15, -0.1) is 16.4 Å². The average Bonchev–Trinajstić information content (AvgIpc) is 2.84. The van der Waals surface area contributed by atoms with E-state index in [0.717, 1.165) is 4.47 Å². The molecule has 7 heteroatoms. The molecule has 0 bridgehead atoms. The molecule has 5 nitrogen and oxygen atoms in total. The monoisotopic (exact) mass is 288 g/mol. The smallest absolute Gasteiger partial charge is 0.315 e. The van der Waals surface area contributed by atoms with E-state index in [4.69, 9.17) is 10.2 Å². The third kappa shape index (κ3) is 2.55. The van der Waals surface area contributed by atoms with Crippen LogP contribution in [0.4, 0.5) is 6.01 Å². The minimum atomic E-state index is 0.261. The standard InChI is InChI=1S/C8H9BrN4OS/c9-5-1-2-15-6(5)4-11-8-13-12-7(3-10)14-8/h1-2H,3-4,10H2,(H,11,13). The van der Waals surface area contributed by atoms with Gasteiger partial charge < -0.3 is 15.5 Å². The summed E-state index contributed by atoms with van der Waals surface area (Å²) in [7, 11) is 0. The number of hydrogen-bond acceptors (Lipinski definition) is 6. The number of thiophene rings is 1. The first kappa shape index (κ1) is 10.6. The summed E-state index contributed by atoms with van der Waals surface area (Å²) in [6.07, 6.45) is 0. The van der Waals surface area contributed by atoms with Gasteiger partial charge in [0.15, 0.2) is 0 Å². The van der Waals surface area contributed by atoms with Gasteiger partial charge in [0.2, 0.25) is 5.89 Å². The summed E-state index contributed by atoms with van der Waals surface area (Å²) in [5.41, 5.74) is 5.35. The van der Waals surface area contributed by atoms with Gasteiger partial charge in [-0.25, -0.2) is 0 Å². The van der Waals surface area contributed by atoms with Crippen molar-refractivity contribution in [1.82, 2.24) is 10.2 Å². The van der Waals surface area contributed by atoms with Crippen LogP contribution in [0, 0.1) is 0 Å². The number of nitrogens with one attached hydrogen (secondary N) is 1. The third-order valence-corrected chi connectivity index (χ3v) is 3.66. The Kier molecular flexibility index (Phi) is 3.34. The number of nitrogens with zero attached hydrogens (tertiary/aromatic N) is 2. The zero-order valence-corrected chi connectivity index (χ0v) is 10.1. The van der Waals surface area contributed by atoms with Gasteiger partial charge in [0, 0.05) is 9.35 Å². The quantitative estimate of drug-likeness (QED) is 0.899. The fourth-order valence-corrected chi connectivity index (χ4v) is 2.45.